The average molecular weight is 522 g/mol. The molecule has 0 aliphatic carbocycles. The van der Waals surface area contributed by atoms with Gasteiger partial charge in [-0.15, -0.1) is 11.8 Å². The predicted octanol–water partition coefficient (Wildman–Crippen LogP) is 7.21. The van der Waals surface area contributed by atoms with Crippen LogP contribution in [0.3, 0.4) is 0 Å². The quantitative estimate of drug-likeness (QED) is 0.148. The Bertz CT molecular complexity index is 780. The van der Waals surface area contributed by atoms with Crippen molar-refractivity contribution >= 4 is 75.4 Å². The van der Waals surface area contributed by atoms with Crippen LogP contribution >= 0.6 is 63.6 Å². The van der Waals surface area contributed by atoms with E-state index in [2.05, 4.69) is 9.97 Å². The molecule has 0 amide bonds. The summed E-state index contributed by atoms with van der Waals surface area (Å²) in [5.74, 6) is 0.481. The summed E-state index contributed by atoms with van der Waals surface area (Å²) < 4.78 is 15.9. The van der Waals surface area contributed by atoms with Crippen LogP contribution in [0.15, 0.2) is 35.5 Å². The number of thioether (sulfide) groups is 1. The van der Waals surface area contributed by atoms with Gasteiger partial charge in [0.1, 0.15) is 11.5 Å². The van der Waals surface area contributed by atoms with Gasteiger partial charge in [0.25, 0.3) is 0 Å². The molecular weight excluding hydrogens is 502 g/mol. The number of nitrogens with zero attached hydrogens (tertiary/aromatic N) is 2. The number of hydrogen-bond donors (Lipinski definition) is 0. The van der Waals surface area contributed by atoms with Crippen LogP contribution in [0.1, 0.15) is 13.8 Å². The zero-order valence-electron chi connectivity index (χ0n) is 15.4. The van der Waals surface area contributed by atoms with Crippen LogP contribution in [0.25, 0.3) is 0 Å². The van der Waals surface area contributed by atoms with Crippen LogP contribution < -0.4 is 4.74 Å². The van der Waals surface area contributed by atoms with E-state index in [1.165, 1.54) is 24.8 Å². The summed E-state index contributed by atoms with van der Waals surface area (Å²) in [5.41, 5.74) is -2.23. The first-order valence-electron chi connectivity index (χ1n) is 7.96. The Labute approximate surface area is 194 Å². The molecule has 0 fully saturated rings. The Kier molecular flexibility index (Phi) is 13.4. The fraction of sp³-hybridized carbons (Fsp3) is 0.375. The molecule has 0 radical (unpaired) electrons. The molecule has 0 saturated heterocycles. The number of aromatic nitrogens is 2. The van der Waals surface area contributed by atoms with Crippen molar-refractivity contribution in [2.75, 3.05) is 25.4 Å². The number of rotatable bonds is 9. The summed E-state index contributed by atoms with van der Waals surface area (Å²) in [6.45, 7) is 4.96. The Morgan fingerprint density at radius 2 is 1.75 bits per heavy atom. The Hall–Kier alpha value is 0.240. The normalized spacial score (nSPS) is 10.9. The van der Waals surface area contributed by atoms with Gasteiger partial charge in [-0.25, -0.2) is 9.97 Å². The molecule has 0 spiro atoms. The molecule has 0 N–H and O–H groups in total. The summed E-state index contributed by atoms with van der Waals surface area (Å²) in [5, 5.41) is 2.47. The van der Waals surface area contributed by atoms with E-state index in [0.29, 0.717) is 34.3 Å². The highest BCUT2D eigenvalue weighted by Crippen LogP contribution is 2.62. The first-order chi connectivity index (χ1) is 13.3. The minimum Gasteiger partial charge on any atom is -0.481 e. The number of methoxy groups -OCH3 is 1. The van der Waals surface area contributed by atoms with Gasteiger partial charge in [0.15, 0.2) is 0 Å². The molecule has 0 aliphatic heterocycles. The third kappa shape index (κ3) is 10.3. The molecule has 28 heavy (non-hydrogen) atoms. The molecule has 2 aromatic rings. The van der Waals surface area contributed by atoms with Gasteiger partial charge in [0.2, 0.25) is 11.6 Å². The highest BCUT2D eigenvalue weighted by Gasteiger charge is 2.19. The highest BCUT2D eigenvalue weighted by molar-refractivity contribution is 8.69. The molecule has 2 rings (SSSR count). The standard InChI is InChI=1S/C11H15Cl2O2PS3.C5H5ClN2O/c1-3-14-16(17,15-4-2)19-8-18-11-7-9(12)5-6-10(11)13;1-9-5-2-4(6)7-3-8-5/h5-7H,3-4,8H2,1-2H3;2-3H,1H3. The van der Waals surface area contributed by atoms with E-state index in [0.717, 1.165) is 9.98 Å². The van der Waals surface area contributed by atoms with E-state index in [-0.39, 0.29) is 0 Å². The third-order valence-electron chi connectivity index (χ3n) is 2.71. The minimum atomic E-state index is -2.23. The lowest BCUT2D eigenvalue weighted by Gasteiger charge is -2.19. The Morgan fingerprint density at radius 3 is 2.29 bits per heavy atom. The van der Waals surface area contributed by atoms with Crippen LogP contribution in [-0.2, 0) is 20.9 Å². The van der Waals surface area contributed by atoms with Crippen molar-refractivity contribution < 1.29 is 13.8 Å². The molecule has 0 saturated carbocycles. The van der Waals surface area contributed by atoms with Gasteiger partial charge in [0, 0.05) is 16.0 Å². The zero-order valence-corrected chi connectivity index (χ0v) is 21.0. The summed E-state index contributed by atoms with van der Waals surface area (Å²) in [4.78, 5) is 8.34. The third-order valence-corrected chi connectivity index (χ3v) is 10.7. The molecule has 1 heterocycles. The largest absolute Gasteiger partial charge is 0.481 e. The van der Waals surface area contributed by atoms with Gasteiger partial charge in [-0.2, -0.15) is 0 Å². The van der Waals surface area contributed by atoms with Gasteiger partial charge in [0.05, 0.1) is 30.4 Å². The van der Waals surface area contributed by atoms with E-state index in [1.54, 1.807) is 30.0 Å². The number of benzene rings is 1. The lowest BCUT2D eigenvalue weighted by molar-refractivity contribution is 0.280. The second kappa shape index (κ2) is 14.3. The maximum absolute atomic E-state index is 6.10. The monoisotopic (exact) mass is 520 g/mol. The van der Waals surface area contributed by atoms with E-state index < -0.39 is 5.69 Å². The smallest absolute Gasteiger partial charge is 0.248 e. The molecule has 156 valence electrons. The van der Waals surface area contributed by atoms with Crippen molar-refractivity contribution in [2.45, 2.75) is 18.7 Å². The summed E-state index contributed by atoms with van der Waals surface area (Å²) in [7, 11) is 1.53. The molecular formula is C16H20Cl3N2O3PS3. The molecule has 1 aromatic heterocycles. The first-order valence-corrected chi connectivity index (χ1v) is 14.3. The van der Waals surface area contributed by atoms with Gasteiger partial charge in [-0.1, -0.05) is 46.2 Å². The van der Waals surface area contributed by atoms with Crippen molar-refractivity contribution in [1.29, 1.82) is 0 Å². The lowest BCUT2D eigenvalue weighted by atomic mass is 10.4. The second-order valence-electron chi connectivity index (χ2n) is 4.63. The summed E-state index contributed by atoms with van der Waals surface area (Å²) in [6, 6.07) is 6.95. The average Bonchev–Trinajstić information content (AvgIpc) is 2.65. The van der Waals surface area contributed by atoms with Crippen molar-refractivity contribution in [3.8, 4) is 5.88 Å². The van der Waals surface area contributed by atoms with Crippen molar-refractivity contribution in [3.63, 3.8) is 0 Å². The van der Waals surface area contributed by atoms with E-state index in [9.17, 15) is 0 Å². The van der Waals surface area contributed by atoms with Crippen molar-refractivity contribution in [1.82, 2.24) is 9.97 Å². The fourth-order valence-electron chi connectivity index (χ4n) is 1.60. The van der Waals surface area contributed by atoms with Gasteiger partial charge in [-0.3, -0.25) is 0 Å². The van der Waals surface area contributed by atoms with Crippen LogP contribution in [-0.4, -0.2) is 35.4 Å². The SMILES string of the molecule is CCOP(=S)(OCC)SCSc1cc(Cl)ccc1Cl.COc1cc(Cl)ncn1. The van der Waals surface area contributed by atoms with Crippen LogP contribution in [0.2, 0.25) is 15.2 Å². The van der Waals surface area contributed by atoms with E-state index in [4.69, 9.17) is 60.4 Å². The fourth-order valence-corrected chi connectivity index (χ4v) is 9.27. The minimum absolute atomic E-state index is 0.391. The van der Waals surface area contributed by atoms with Crippen LogP contribution in [0.4, 0.5) is 0 Å². The zero-order chi connectivity index (χ0) is 21.0. The van der Waals surface area contributed by atoms with Gasteiger partial charge >= 0.3 is 0 Å². The molecule has 0 bridgehead atoms. The maximum atomic E-state index is 6.10. The summed E-state index contributed by atoms with van der Waals surface area (Å²) >= 11 is 26.1. The molecule has 5 nitrogen and oxygen atoms in total. The van der Waals surface area contributed by atoms with Crippen LogP contribution in [0, 0.1) is 0 Å². The van der Waals surface area contributed by atoms with E-state index in [1.807, 2.05) is 19.9 Å². The first kappa shape index (κ1) is 26.3. The maximum Gasteiger partial charge on any atom is 0.248 e. The molecule has 1 aromatic carbocycles. The molecule has 12 heteroatoms. The van der Waals surface area contributed by atoms with Gasteiger partial charge in [-0.05, 0) is 43.9 Å². The summed E-state index contributed by atoms with van der Waals surface area (Å²) in [6.07, 6.45) is 1.35. The van der Waals surface area contributed by atoms with Crippen molar-refractivity contribution in [2.24, 2.45) is 0 Å². The predicted molar refractivity (Wildman–Crippen MR) is 126 cm³/mol. The molecule has 0 unspecified atom stereocenters. The van der Waals surface area contributed by atoms with Gasteiger partial charge < -0.3 is 13.8 Å². The Balaban J connectivity index is 0.000000362. The topological polar surface area (TPSA) is 53.5 Å². The number of hydrogen-bond acceptors (Lipinski definition) is 8. The molecule has 0 atom stereocenters. The van der Waals surface area contributed by atoms with Crippen molar-refractivity contribution in [3.05, 3.63) is 45.8 Å². The lowest BCUT2D eigenvalue weighted by Crippen LogP contribution is -1.92. The molecule has 0 aliphatic rings. The Morgan fingerprint density at radius 1 is 1.07 bits per heavy atom. The van der Waals surface area contributed by atoms with Crippen LogP contribution in [0.5, 0.6) is 5.88 Å². The second-order valence-corrected chi connectivity index (χ2v) is 13.6. The van der Waals surface area contributed by atoms with E-state index >= 15 is 0 Å². The number of halogens is 3. The highest BCUT2D eigenvalue weighted by atomic mass is 35.5. The number of ether oxygens (including phenoxy) is 1.